The van der Waals surface area contributed by atoms with Gasteiger partial charge in [0.1, 0.15) is 18.0 Å². The molecule has 2 aromatic rings. The predicted octanol–water partition coefficient (Wildman–Crippen LogP) is 7.10. The number of quaternary nitrogens is 1. The van der Waals surface area contributed by atoms with Crippen molar-refractivity contribution in [2.45, 2.75) is 142 Å². The number of piperidine rings is 2. The van der Waals surface area contributed by atoms with Crippen LogP contribution in [-0.4, -0.2) is 65.8 Å². The van der Waals surface area contributed by atoms with Crippen LogP contribution in [-0.2, 0) is 23.9 Å². The van der Waals surface area contributed by atoms with Crippen LogP contribution in [0.25, 0.3) is 0 Å². The molecule has 0 radical (unpaired) electrons. The molecule has 2 atom stereocenters. The van der Waals surface area contributed by atoms with Gasteiger partial charge in [-0.1, -0.05) is 66.9 Å². The molecule has 1 aliphatic carbocycles. The van der Waals surface area contributed by atoms with E-state index in [0.717, 1.165) is 74.1 Å². The molecule has 0 aromatic heterocycles. The van der Waals surface area contributed by atoms with Crippen molar-refractivity contribution in [3.05, 3.63) is 57.6 Å². The second kappa shape index (κ2) is 15.0. The van der Waals surface area contributed by atoms with E-state index in [1.54, 1.807) is 4.90 Å². The Kier molecular flexibility index (Phi) is 11.3. The van der Waals surface area contributed by atoms with E-state index in [9.17, 15) is 10.2 Å². The Balaban J connectivity index is 1.39. The number of likely N-dealkylation sites (tertiary alicyclic amines) is 2. The van der Waals surface area contributed by atoms with Gasteiger partial charge in [-0.05, 0) is 98.2 Å². The van der Waals surface area contributed by atoms with E-state index in [1.165, 1.54) is 62.7 Å². The number of phenolic OH excluding ortho intramolecular Hbond substituents is 2. The summed E-state index contributed by atoms with van der Waals surface area (Å²) in [7, 11) is 0. The summed E-state index contributed by atoms with van der Waals surface area (Å²) in [6, 6.07) is 8.79. The van der Waals surface area contributed by atoms with Crippen molar-refractivity contribution in [1.82, 2.24) is 4.90 Å². The summed E-state index contributed by atoms with van der Waals surface area (Å²) in [5.41, 5.74) is 6.11. The van der Waals surface area contributed by atoms with Crippen LogP contribution < -0.4 is 4.90 Å². The third-order valence-corrected chi connectivity index (χ3v) is 10.5. The molecule has 252 valence electrons. The molecular weight excluding hydrogens is 568 g/mol. The summed E-state index contributed by atoms with van der Waals surface area (Å²) in [6.45, 7) is 19.6. The Hall–Kier alpha value is -2.70. The molecule has 2 heterocycles. The number of rotatable bonds is 8. The molecule has 0 spiro atoms. The van der Waals surface area contributed by atoms with Gasteiger partial charge in [-0.15, -0.1) is 0 Å². The van der Waals surface area contributed by atoms with Crippen LogP contribution in [0.15, 0.2) is 34.3 Å². The highest BCUT2D eigenvalue weighted by molar-refractivity contribution is 5.86. The molecule has 46 heavy (non-hydrogen) atoms. The van der Waals surface area contributed by atoms with Gasteiger partial charge in [0, 0.05) is 41.2 Å². The standard InChI is InChI=1S/C40H60N4O2/c1-39(2,3)33-21-29(37(45)31(23-33)27-43-17-11-7-12-18-43)25-41-35-15-9-10-16-36(35)42-26-30-22-34(40(4,5)6)24-32(38(30)46)28-44-19-13-8-14-20-44/h21-26,35-36,45-46H,7-20,27-28H2,1-6H3/p+1/t35-,36-/m1/s1. The van der Waals surface area contributed by atoms with Crippen LogP contribution >= 0.6 is 0 Å². The Morgan fingerprint density at radius 1 is 0.674 bits per heavy atom. The lowest BCUT2D eigenvalue weighted by Gasteiger charge is -2.28. The molecule has 0 bridgehead atoms. The van der Waals surface area contributed by atoms with Crippen molar-refractivity contribution in [1.29, 1.82) is 0 Å². The first-order chi connectivity index (χ1) is 21.9. The van der Waals surface area contributed by atoms with Crippen LogP contribution in [0.3, 0.4) is 0 Å². The molecule has 3 aliphatic rings. The SMILES string of the molecule is CC(C)(C)c1cc(C=N[C@@H]2CCCC[C@H]2N=Cc2cc(C(C)(C)C)cc(C[NH+]3CCCCC3)c2O)c(O)c(CN2CCCCC2)c1. The number of phenols is 2. The van der Waals surface area contributed by atoms with Gasteiger partial charge >= 0.3 is 0 Å². The molecule has 6 nitrogen and oxygen atoms in total. The minimum Gasteiger partial charge on any atom is -0.507 e. The molecule has 2 aromatic carbocycles. The number of hydrogen-bond donors (Lipinski definition) is 3. The highest BCUT2D eigenvalue weighted by atomic mass is 16.3. The number of nitrogens with one attached hydrogen (secondary N) is 1. The van der Waals surface area contributed by atoms with Crippen molar-refractivity contribution in [2.24, 2.45) is 9.98 Å². The lowest BCUT2D eigenvalue weighted by molar-refractivity contribution is -0.918. The molecule has 1 saturated carbocycles. The third-order valence-electron chi connectivity index (χ3n) is 10.5. The van der Waals surface area contributed by atoms with E-state index in [4.69, 9.17) is 9.98 Å². The quantitative estimate of drug-likeness (QED) is 0.273. The van der Waals surface area contributed by atoms with Crippen LogP contribution in [0, 0.1) is 0 Å². The van der Waals surface area contributed by atoms with Crippen molar-refractivity contribution in [3.8, 4) is 11.5 Å². The second-order valence-corrected chi connectivity index (χ2v) is 16.4. The zero-order valence-corrected chi connectivity index (χ0v) is 29.7. The first kappa shape index (κ1) is 34.6. The number of aromatic hydroxyl groups is 2. The van der Waals surface area contributed by atoms with E-state index in [1.807, 2.05) is 12.4 Å². The first-order valence-electron chi connectivity index (χ1n) is 18.2. The minimum absolute atomic E-state index is 0.0175. The van der Waals surface area contributed by atoms with Gasteiger partial charge in [-0.25, -0.2) is 0 Å². The number of nitrogens with zero attached hydrogens (tertiary/aromatic N) is 3. The molecule has 5 rings (SSSR count). The van der Waals surface area contributed by atoms with Crippen molar-refractivity contribution < 1.29 is 15.1 Å². The minimum atomic E-state index is -0.0253. The summed E-state index contributed by atoms with van der Waals surface area (Å²) < 4.78 is 0. The molecule has 0 amide bonds. The zero-order valence-electron chi connectivity index (χ0n) is 29.7. The molecule has 3 fully saturated rings. The first-order valence-corrected chi connectivity index (χ1v) is 18.2. The smallest absolute Gasteiger partial charge is 0.133 e. The Bertz CT molecular complexity index is 1270. The number of aliphatic imine (C=N–C) groups is 2. The van der Waals surface area contributed by atoms with E-state index < -0.39 is 0 Å². The zero-order chi connectivity index (χ0) is 32.9. The third kappa shape index (κ3) is 9.01. The van der Waals surface area contributed by atoms with Crippen molar-refractivity contribution >= 4 is 12.4 Å². The number of hydrogen-bond acceptors (Lipinski definition) is 5. The van der Waals surface area contributed by atoms with Gasteiger partial charge in [0.25, 0.3) is 0 Å². The molecular formula is C40H61N4O2+. The lowest BCUT2D eigenvalue weighted by atomic mass is 9.84. The fourth-order valence-electron chi connectivity index (χ4n) is 7.40. The average Bonchev–Trinajstić information content (AvgIpc) is 3.02. The second-order valence-electron chi connectivity index (χ2n) is 16.4. The summed E-state index contributed by atoms with van der Waals surface area (Å²) >= 11 is 0. The van der Waals surface area contributed by atoms with Crippen LogP contribution in [0.2, 0.25) is 0 Å². The Morgan fingerprint density at radius 2 is 1.15 bits per heavy atom. The van der Waals surface area contributed by atoms with Gasteiger partial charge in [-0.3, -0.25) is 14.9 Å². The topological polar surface area (TPSA) is 72.9 Å². The molecule has 2 saturated heterocycles. The van der Waals surface area contributed by atoms with Crippen molar-refractivity contribution in [3.63, 3.8) is 0 Å². The maximum atomic E-state index is 11.5. The normalized spacial score (nSPS) is 22.7. The highest BCUT2D eigenvalue weighted by Gasteiger charge is 2.26. The molecule has 3 N–H and O–H groups in total. The van der Waals surface area contributed by atoms with Gasteiger partial charge in [0.2, 0.25) is 0 Å². The van der Waals surface area contributed by atoms with Gasteiger partial charge in [-0.2, -0.15) is 0 Å². The van der Waals surface area contributed by atoms with E-state index in [0.29, 0.717) is 11.5 Å². The van der Waals surface area contributed by atoms with E-state index in [-0.39, 0.29) is 22.9 Å². The Morgan fingerprint density at radius 3 is 1.67 bits per heavy atom. The van der Waals surface area contributed by atoms with Crippen LogP contribution in [0.4, 0.5) is 0 Å². The van der Waals surface area contributed by atoms with Crippen LogP contribution in [0.5, 0.6) is 11.5 Å². The van der Waals surface area contributed by atoms with Gasteiger partial charge in [0.05, 0.1) is 25.2 Å². The van der Waals surface area contributed by atoms with Crippen LogP contribution in [0.1, 0.15) is 139 Å². The summed E-state index contributed by atoms with van der Waals surface area (Å²) in [5, 5.41) is 22.9. The lowest BCUT2D eigenvalue weighted by Crippen LogP contribution is -3.11. The maximum Gasteiger partial charge on any atom is 0.133 e. The molecule has 2 aliphatic heterocycles. The average molecular weight is 630 g/mol. The summed E-state index contributed by atoms with van der Waals surface area (Å²) in [4.78, 5) is 14.3. The fourth-order valence-corrected chi connectivity index (χ4v) is 7.40. The largest absolute Gasteiger partial charge is 0.507 e. The van der Waals surface area contributed by atoms with Crippen molar-refractivity contribution in [2.75, 3.05) is 26.2 Å². The Labute approximate surface area is 279 Å². The monoisotopic (exact) mass is 629 g/mol. The van der Waals surface area contributed by atoms with E-state index >= 15 is 0 Å². The van der Waals surface area contributed by atoms with E-state index in [2.05, 4.69) is 70.7 Å². The fraction of sp³-hybridized carbons (Fsp3) is 0.650. The van der Waals surface area contributed by atoms with Gasteiger partial charge in [0.15, 0.2) is 0 Å². The van der Waals surface area contributed by atoms with Gasteiger partial charge < -0.3 is 15.1 Å². The highest BCUT2D eigenvalue weighted by Crippen LogP contribution is 2.34. The summed E-state index contributed by atoms with van der Waals surface area (Å²) in [5.74, 6) is 0.751. The molecule has 6 heteroatoms. The summed E-state index contributed by atoms with van der Waals surface area (Å²) in [6.07, 6.45) is 15.7. The number of benzene rings is 2. The maximum absolute atomic E-state index is 11.5. The predicted molar refractivity (Wildman–Crippen MR) is 192 cm³/mol. The molecule has 0 unspecified atom stereocenters.